The van der Waals surface area contributed by atoms with Gasteiger partial charge in [-0.15, -0.1) is 0 Å². The van der Waals surface area contributed by atoms with E-state index in [0.29, 0.717) is 13.1 Å². The third kappa shape index (κ3) is 4.66. The first-order chi connectivity index (χ1) is 6.49. The standard InChI is InChI=1S/C8H17N3O3/c1-6(7(12)13)10-8(14)11(3)5-4-9-2/h6,9H,4-5H2,1-3H3,(H,10,14)(H,12,13). The number of hydrogen-bond donors (Lipinski definition) is 3. The number of hydrogen-bond acceptors (Lipinski definition) is 3. The van der Waals surface area contributed by atoms with E-state index in [1.54, 1.807) is 14.1 Å². The maximum Gasteiger partial charge on any atom is 0.325 e. The SMILES string of the molecule is CNCCN(C)C(=O)NC(C)C(=O)O. The van der Waals surface area contributed by atoms with Crippen molar-refractivity contribution in [2.45, 2.75) is 13.0 Å². The van der Waals surface area contributed by atoms with Crippen molar-refractivity contribution >= 4 is 12.0 Å². The summed E-state index contributed by atoms with van der Waals surface area (Å²) in [6.45, 7) is 2.63. The number of carbonyl (C=O) groups excluding carboxylic acids is 1. The first-order valence-corrected chi connectivity index (χ1v) is 4.38. The molecule has 0 radical (unpaired) electrons. The van der Waals surface area contributed by atoms with E-state index in [4.69, 9.17) is 5.11 Å². The predicted molar refractivity (Wildman–Crippen MR) is 52.2 cm³/mol. The van der Waals surface area contributed by atoms with Gasteiger partial charge in [0.1, 0.15) is 6.04 Å². The van der Waals surface area contributed by atoms with Crippen molar-refractivity contribution in [2.24, 2.45) is 0 Å². The van der Waals surface area contributed by atoms with Crippen LogP contribution < -0.4 is 10.6 Å². The molecule has 0 aliphatic rings. The highest BCUT2D eigenvalue weighted by Gasteiger charge is 2.15. The zero-order chi connectivity index (χ0) is 11.1. The van der Waals surface area contributed by atoms with Gasteiger partial charge in [-0.25, -0.2) is 4.79 Å². The number of nitrogens with one attached hydrogen (secondary N) is 2. The van der Waals surface area contributed by atoms with Crippen LogP contribution in [0.3, 0.4) is 0 Å². The molecule has 0 bridgehead atoms. The summed E-state index contributed by atoms with van der Waals surface area (Å²) in [5.41, 5.74) is 0. The third-order valence-electron chi connectivity index (χ3n) is 1.75. The van der Waals surface area contributed by atoms with Gasteiger partial charge in [0.05, 0.1) is 0 Å². The van der Waals surface area contributed by atoms with Gasteiger partial charge in [-0.1, -0.05) is 0 Å². The van der Waals surface area contributed by atoms with Crippen molar-refractivity contribution in [1.82, 2.24) is 15.5 Å². The van der Waals surface area contributed by atoms with Gasteiger partial charge in [0, 0.05) is 20.1 Å². The van der Waals surface area contributed by atoms with E-state index in [0.717, 1.165) is 0 Å². The van der Waals surface area contributed by atoms with Crippen molar-refractivity contribution in [3.8, 4) is 0 Å². The van der Waals surface area contributed by atoms with E-state index < -0.39 is 12.0 Å². The first-order valence-electron chi connectivity index (χ1n) is 4.38. The summed E-state index contributed by atoms with van der Waals surface area (Å²) < 4.78 is 0. The van der Waals surface area contributed by atoms with E-state index >= 15 is 0 Å². The van der Waals surface area contributed by atoms with Crippen molar-refractivity contribution in [1.29, 1.82) is 0 Å². The predicted octanol–water partition coefficient (Wildman–Crippen LogP) is -0.680. The normalized spacial score (nSPS) is 11.9. The molecule has 14 heavy (non-hydrogen) atoms. The molecule has 0 aliphatic heterocycles. The lowest BCUT2D eigenvalue weighted by atomic mass is 10.3. The van der Waals surface area contributed by atoms with E-state index in [-0.39, 0.29) is 6.03 Å². The lowest BCUT2D eigenvalue weighted by Crippen LogP contribution is -2.46. The molecule has 1 unspecified atom stereocenters. The zero-order valence-corrected chi connectivity index (χ0v) is 8.70. The van der Waals surface area contributed by atoms with Crippen LogP contribution in [0.1, 0.15) is 6.92 Å². The number of carbonyl (C=O) groups is 2. The summed E-state index contributed by atoms with van der Waals surface area (Å²) in [6.07, 6.45) is 0. The van der Waals surface area contributed by atoms with Crippen molar-refractivity contribution in [3.05, 3.63) is 0 Å². The van der Waals surface area contributed by atoms with Gasteiger partial charge in [-0.05, 0) is 14.0 Å². The first kappa shape index (κ1) is 12.7. The molecule has 0 heterocycles. The fourth-order valence-electron chi connectivity index (χ4n) is 0.738. The quantitative estimate of drug-likeness (QED) is 0.553. The summed E-state index contributed by atoms with van der Waals surface area (Å²) in [5, 5.41) is 13.8. The van der Waals surface area contributed by atoms with Crippen LogP contribution in [-0.4, -0.2) is 55.2 Å². The molecule has 1 atom stereocenters. The Balaban J connectivity index is 3.88. The average molecular weight is 203 g/mol. The Hall–Kier alpha value is -1.30. The highest BCUT2D eigenvalue weighted by atomic mass is 16.4. The van der Waals surface area contributed by atoms with Crippen molar-refractivity contribution < 1.29 is 14.7 Å². The summed E-state index contributed by atoms with van der Waals surface area (Å²) in [5.74, 6) is -1.04. The molecule has 0 aromatic rings. The summed E-state index contributed by atoms with van der Waals surface area (Å²) in [7, 11) is 3.40. The van der Waals surface area contributed by atoms with E-state index in [1.165, 1.54) is 11.8 Å². The Morgan fingerprint density at radius 2 is 2.07 bits per heavy atom. The fourth-order valence-corrected chi connectivity index (χ4v) is 0.738. The molecule has 3 N–H and O–H groups in total. The largest absolute Gasteiger partial charge is 0.480 e. The van der Waals surface area contributed by atoms with E-state index in [1.807, 2.05) is 0 Å². The summed E-state index contributed by atoms with van der Waals surface area (Å²) in [6, 6.07) is -1.24. The summed E-state index contributed by atoms with van der Waals surface area (Å²) in [4.78, 5) is 23.1. The third-order valence-corrected chi connectivity index (χ3v) is 1.75. The fraction of sp³-hybridized carbons (Fsp3) is 0.750. The maximum atomic E-state index is 11.3. The van der Waals surface area contributed by atoms with Gasteiger partial charge in [-0.3, -0.25) is 4.79 Å². The van der Waals surface area contributed by atoms with Gasteiger partial charge in [-0.2, -0.15) is 0 Å². The van der Waals surface area contributed by atoms with Crippen molar-refractivity contribution in [3.63, 3.8) is 0 Å². The van der Waals surface area contributed by atoms with Crippen LogP contribution in [0.4, 0.5) is 4.79 Å². The molecule has 0 rings (SSSR count). The molecule has 0 saturated heterocycles. The number of carboxylic acids is 1. The molecular formula is C8H17N3O3. The van der Waals surface area contributed by atoms with Gasteiger partial charge >= 0.3 is 12.0 Å². The topological polar surface area (TPSA) is 81.7 Å². The molecular weight excluding hydrogens is 186 g/mol. The minimum Gasteiger partial charge on any atom is -0.480 e. The number of amides is 2. The molecule has 0 spiro atoms. The average Bonchev–Trinajstić information content (AvgIpc) is 2.13. The van der Waals surface area contributed by atoms with Crippen LogP contribution in [0.2, 0.25) is 0 Å². The molecule has 0 fully saturated rings. The van der Waals surface area contributed by atoms with Crippen LogP contribution in [-0.2, 0) is 4.79 Å². The van der Waals surface area contributed by atoms with Crippen molar-refractivity contribution in [2.75, 3.05) is 27.2 Å². The number of rotatable bonds is 5. The monoisotopic (exact) mass is 203 g/mol. The second kappa shape index (κ2) is 6.20. The van der Waals surface area contributed by atoms with Crippen LogP contribution >= 0.6 is 0 Å². The zero-order valence-electron chi connectivity index (χ0n) is 8.70. The van der Waals surface area contributed by atoms with E-state index in [9.17, 15) is 9.59 Å². The molecule has 2 amide bonds. The van der Waals surface area contributed by atoms with Crippen LogP contribution in [0.15, 0.2) is 0 Å². The Labute approximate surface area is 83.3 Å². The van der Waals surface area contributed by atoms with Crippen LogP contribution in [0.5, 0.6) is 0 Å². The smallest absolute Gasteiger partial charge is 0.325 e. The van der Waals surface area contributed by atoms with Gasteiger partial charge in [0.2, 0.25) is 0 Å². The van der Waals surface area contributed by atoms with Crippen LogP contribution in [0, 0.1) is 0 Å². The second-order valence-electron chi connectivity index (χ2n) is 3.03. The minimum absolute atomic E-state index is 0.379. The highest BCUT2D eigenvalue weighted by Crippen LogP contribution is 1.87. The number of carboxylic acid groups (broad SMARTS) is 1. The number of urea groups is 1. The molecule has 0 aromatic carbocycles. The highest BCUT2D eigenvalue weighted by molar-refractivity contribution is 5.82. The Kier molecular flexibility index (Phi) is 5.62. The second-order valence-corrected chi connectivity index (χ2v) is 3.03. The lowest BCUT2D eigenvalue weighted by Gasteiger charge is -2.19. The molecule has 6 nitrogen and oxygen atoms in total. The number of nitrogens with zero attached hydrogens (tertiary/aromatic N) is 1. The Morgan fingerprint density at radius 1 is 1.50 bits per heavy atom. The molecule has 6 heteroatoms. The molecule has 0 aromatic heterocycles. The van der Waals surface area contributed by atoms with E-state index in [2.05, 4.69) is 10.6 Å². The number of aliphatic carboxylic acids is 1. The minimum atomic E-state index is -1.04. The van der Waals surface area contributed by atoms with Crippen LogP contribution in [0.25, 0.3) is 0 Å². The van der Waals surface area contributed by atoms with Gasteiger partial charge in [0.15, 0.2) is 0 Å². The summed E-state index contributed by atoms with van der Waals surface area (Å²) >= 11 is 0. The molecule has 0 aliphatic carbocycles. The molecule has 0 saturated carbocycles. The number of likely N-dealkylation sites (N-methyl/N-ethyl adjacent to an activating group) is 2. The Morgan fingerprint density at radius 3 is 2.50 bits per heavy atom. The molecule has 82 valence electrons. The van der Waals surface area contributed by atoms with Gasteiger partial charge in [0.25, 0.3) is 0 Å². The maximum absolute atomic E-state index is 11.3. The van der Waals surface area contributed by atoms with Gasteiger partial charge < -0.3 is 20.6 Å². The Bertz CT molecular complexity index is 208. The lowest BCUT2D eigenvalue weighted by molar-refractivity contribution is -0.138.